The Balaban J connectivity index is 3.23. The van der Waals surface area contributed by atoms with Gasteiger partial charge < -0.3 is 0 Å². The minimum atomic E-state index is -7.09. The number of alkyl halides is 9. The van der Waals surface area contributed by atoms with Gasteiger partial charge in [0, 0.05) is 6.04 Å². The molecular formula is C11H9F9N2O2S. The average Bonchev–Trinajstić information content (AvgIpc) is 2.60. The molecule has 0 unspecified atom stereocenters. The molecule has 0 radical (unpaired) electrons. The van der Waals surface area contributed by atoms with Crippen molar-refractivity contribution in [1.82, 2.24) is 9.80 Å². The van der Waals surface area contributed by atoms with Crippen LogP contribution in [-0.4, -0.2) is 63.3 Å². The molecule has 1 fully saturated rings. The number of hydrogen-bond acceptors (Lipinski definition) is 3. The molecule has 144 valence electrons. The Labute approximate surface area is 139 Å². The molecule has 25 heavy (non-hydrogen) atoms. The molecule has 14 heteroatoms. The predicted molar refractivity (Wildman–Crippen MR) is 67.2 cm³/mol. The van der Waals surface area contributed by atoms with Crippen molar-refractivity contribution in [2.24, 2.45) is 0 Å². The van der Waals surface area contributed by atoms with E-state index in [2.05, 4.69) is 12.2 Å². The Morgan fingerprint density at radius 3 is 1.64 bits per heavy atom. The van der Waals surface area contributed by atoms with Crippen molar-refractivity contribution in [3.05, 3.63) is 0 Å². The third-order valence-electron chi connectivity index (χ3n) is 3.17. The van der Waals surface area contributed by atoms with Crippen LogP contribution in [0.5, 0.6) is 0 Å². The van der Waals surface area contributed by atoms with E-state index in [4.69, 9.17) is 0 Å². The van der Waals surface area contributed by atoms with Crippen LogP contribution in [0.1, 0.15) is 13.8 Å². The normalized spacial score (nSPS) is 18.0. The number of carbonyl (C=O) groups is 2. The highest BCUT2D eigenvalue weighted by Crippen LogP contribution is 2.53. The van der Waals surface area contributed by atoms with Crippen LogP contribution in [-0.2, 0) is 9.59 Å². The summed E-state index contributed by atoms with van der Waals surface area (Å²) in [6.07, 6.45) is -6.98. The van der Waals surface area contributed by atoms with E-state index in [-0.39, 0.29) is 0 Å². The summed E-state index contributed by atoms with van der Waals surface area (Å²) in [4.78, 5) is 23.1. The minimum absolute atomic E-state index is 0.433. The average molecular weight is 404 g/mol. The van der Waals surface area contributed by atoms with Gasteiger partial charge in [0.2, 0.25) is 0 Å². The van der Waals surface area contributed by atoms with Gasteiger partial charge in [0.1, 0.15) is 0 Å². The molecule has 0 aromatic heterocycles. The van der Waals surface area contributed by atoms with Gasteiger partial charge in [0.15, 0.2) is 5.11 Å². The van der Waals surface area contributed by atoms with Crippen molar-refractivity contribution in [1.29, 1.82) is 0 Å². The van der Waals surface area contributed by atoms with E-state index in [9.17, 15) is 49.1 Å². The standard InChI is InChI=1S/C11H9F9N2O2S/c1-4(2)22-6(24)5(23)21(7(22)25)3-8(12,13)9(14,15)10(16,17)11(18,19)20/h4H,3H2,1-2H3. The maximum absolute atomic E-state index is 13.6. The van der Waals surface area contributed by atoms with Gasteiger partial charge in [-0.15, -0.1) is 0 Å². The molecule has 0 aromatic carbocycles. The Hall–Kier alpha value is -1.60. The molecule has 4 nitrogen and oxygen atoms in total. The summed E-state index contributed by atoms with van der Waals surface area (Å²) in [5.41, 5.74) is 0. The van der Waals surface area contributed by atoms with E-state index in [1.54, 1.807) is 0 Å². The highest BCUT2D eigenvalue weighted by Gasteiger charge is 2.82. The molecule has 0 spiro atoms. The lowest BCUT2D eigenvalue weighted by molar-refractivity contribution is -0.395. The Bertz CT molecular complexity index is 603. The molecule has 0 aromatic rings. The zero-order valence-corrected chi connectivity index (χ0v) is 13.1. The third kappa shape index (κ3) is 3.15. The van der Waals surface area contributed by atoms with Crippen LogP contribution in [0.4, 0.5) is 39.5 Å². The molecule has 1 aliphatic heterocycles. The topological polar surface area (TPSA) is 40.6 Å². The fourth-order valence-corrected chi connectivity index (χ4v) is 2.26. The first kappa shape index (κ1) is 21.4. The van der Waals surface area contributed by atoms with Gasteiger partial charge >= 0.3 is 35.8 Å². The van der Waals surface area contributed by atoms with Crippen molar-refractivity contribution in [3.8, 4) is 0 Å². The second-order valence-electron chi connectivity index (χ2n) is 5.29. The lowest BCUT2D eigenvalue weighted by Crippen LogP contribution is -2.64. The van der Waals surface area contributed by atoms with Crippen LogP contribution in [0, 0.1) is 0 Å². The van der Waals surface area contributed by atoms with Gasteiger partial charge in [-0.3, -0.25) is 19.4 Å². The van der Waals surface area contributed by atoms with Crippen LogP contribution in [0.25, 0.3) is 0 Å². The third-order valence-corrected chi connectivity index (χ3v) is 3.58. The number of hydrogen-bond donors (Lipinski definition) is 0. The summed E-state index contributed by atoms with van der Waals surface area (Å²) >= 11 is 4.47. The van der Waals surface area contributed by atoms with Gasteiger partial charge in [-0.2, -0.15) is 39.5 Å². The zero-order chi connectivity index (χ0) is 20.2. The van der Waals surface area contributed by atoms with E-state index in [0.29, 0.717) is 4.90 Å². The van der Waals surface area contributed by atoms with Gasteiger partial charge in [-0.25, -0.2) is 0 Å². The second kappa shape index (κ2) is 5.99. The maximum Gasteiger partial charge on any atom is 0.460 e. The highest BCUT2D eigenvalue weighted by molar-refractivity contribution is 7.80. The smallest absolute Gasteiger partial charge is 0.278 e. The molecule has 0 aliphatic carbocycles. The van der Waals surface area contributed by atoms with E-state index in [1.165, 1.54) is 13.8 Å². The Morgan fingerprint density at radius 2 is 1.32 bits per heavy atom. The first-order valence-corrected chi connectivity index (χ1v) is 6.70. The van der Waals surface area contributed by atoms with E-state index in [0.717, 1.165) is 0 Å². The Kier molecular flexibility index (Phi) is 5.13. The lowest BCUT2D eigenvalue weighted by Gasteiger charge is -2.35. The molecule has 0 saturated carbocycles. The number of amides is 2. The highest BCUT2D eigenvalue weighted by atomic mass is 32.1. The van der Waals surface area contributed by atoms with E-state index >= 15 is 0 Å². The number of nitrogens with zero attached hydrogens (tertiary/aromatic N) is 2. The van der Waals surface area contributed by atoms with Crippen molar-refractivity contribution in [2.45, 2.75) is 43.8 Å². The van der Waals surface area contributed by atoms with Crippen LogP contribution >= 0.6 is 12.2 Å². The molecule has 0 bridgehead atoms. The quantitative estimate of drug-likeness (QED) is 0.402. The summed E-state index contributed by atoms with van der Waals surface area (Å²) in [7, 11) is 0. The number of halogens is 9. The van der Waals surface area contributed by atoms with Gasteiger partial charge in [-0.1, -0.05) is 0 Å². The van der Waals surface area contributed by atoms with Crippen LogP contribution in [0.15, 0.2) is 0 Å². The fraction of sp³-hybridized carbons (Fsp3) is 0.727. The molecule has 1 saturated heterocycles. The van der Waals surface area contributed by atoms with Crippen molar-refractivity contribution in [2.75, 3.05) is 6.54 Å². The largest absolute Gasteiger partial charge is 0.460 e. The van der Waals surface area contributed by atoms with Crippen LogP contribution < -0.4 is 0 Å². The fourth-order valence-electron chi connectivity index (χ4n) is 1.82. The molecule has 0 N–H and O–H groups in total. The number of rotatable bonds is 5. The van der Waals surface area contributed by atoms with Crippen LogP contribution in [0.2, 0.25) is 0 Å². The molecule has 0 atom stereocenters. The molecular weight excluding hydrogens is 395 g/mol. The van der Waals surface area contributed by atoms with Gasteiger partial charge in [-0.05, 0) is 26.1 Å². The summed E-state index contributed by atoms with van der Waals surface area (Å²) in [5, 5.41) is -1.00. The summed E-state index contributed by atoms with van der Waals surface area (Å²) in [6.45, 7) is -0.0879. The van der Waals surface area contributed by atoms with E-state index < -0.39 is 58.4 Å². The summed E-state index contributed by atoms with van der Waals surface area (Å²) < 4.78 is 115. The lowest BCUT2D eigenvalue weighted by atomic mass is 10.0. The van der Waals surface area contributed by atoms with E-state index in [1.807, 2.05) is 0 Å². The molecule has 2 amide bonds. The monoisotopic (exact) mass is 404 g/mol. The molecule has 1 aliphatic rings. The Morgan fingerprint density at radius 1 is 0.880 bits per heavy atom. The first-order valence-electron chi connectivity index (χ1n) is 6.29. The first-order chi connectivity index (χ1) is 10.9. The summed E-state index contributed by atoms with van der Waals surface area (Å²) in [5.74, 6) is -23.4. The van der Waals surface area contributed by atoms with Crippen LogP contribution in [0.3, 0.4) is 0 Å². The SMILES string of the molecule is CC(C)N1C(=O)C(=O)N(CC(F)(F)C(F)(F)C(F)(F)C(F)(F)F)C1=S. The number of carbonyl (C=O) groups excluding carboxylic acids is 2. The van der Waals surface area contributed by atoms with Crippen molar-refractivity contribution >= 4 is 29.1 Å². The zero-order valence-electron chi connectivity index (χ0n) is 12.3. The van der Waals surface area contributed by atoms with Crippen molar-refractivity contribution in [3.63, 3.8) is 0 Å². The number of thiocarbonyl (C=S) groups is 1. The predicted octanol–water partition coefficient (Wildman–Crippen LogP) is 2.82. The molecule has 1 rings (SSSR count). The second-order valence-corrected chi connectivity index (χ2v) is 5.66. The summed E-state index contributed by atoms with van der Waals surface area (Å²) in [6, 6.07) is -0.875. The van der Waals surface area contributed by atoms with Crippen molar-refractivity contribution < 1.29 is 49.1 Å². The molecule has 1 heterocycles. The minimum Gasteiger partial charge on any atom is -0.278 e. The van der Waals surface area contributed by atoms with Gasteiger partial charge in [0.25, 0.3) is 0 Å². The maximum atomic E-state index is 13.6. The van der Waals surface area contributed by atoms with Gasteiger partial charge in [0.05, 0.1) is 6.54 Å².